The molecule has 10 aromatic rings. The first-order valence-corrected chi connectivity index (χ1v) is 32.3. The average molecular weight is 994 g/mol. The van der Waals surface area contributed by atoms with Gasteiger partial charge in [-0.3, -0.25) is 9.15 Å². The topological polar surface area (TPSA) is 46.2 Å². The zero-order valence-corrected chi connectivity index (χ0v) is 43.9. The zero-order chi connectivity index (χ0) is 47.3. The molecule has 0 saturated carbocycles. The van der Waals surface area contributed by atoms with E-state index in [0.29, 0.717) is 0 Å². The maximum Gasteiger partial charge on any atom is 0.430 e. The second kappa shape index (κ2) is 22.2. The Morgan fingerprint density at radius 1 is 0.214 bits per heavy atom. The van der Waals surface area contributed by atoms with Gasteiger partial charge in [-0.15, -0.1) is 0 Å². The Balaban J connectivity index is 1.27. The van der Waals surface area contributed by atoms with Gasteiger partial charge < -0.3 is 12.3 Å². The molecule has 0 saturated heterocycles. The summed E-state index contributed by atoms with van der Waals surface area (Å²) in [4.78, 5) is 0. The fourth-order valence-corrected chi connectivity index (χ4v) is 30.0. The van der Waals surface area contributed by atoms with Crippen molar-refractivity contribution in [2.24, 2.45) is 0 Å². The quantitative estimate of drug-likeness (QED) is 0.0581. The van der Waals surface area contributed by atoms with Crippen molar-refractivity contribution in [3.63, 3.8) is 0 Å². The molecule has 0 aromatic heterocycles. The van der Waals surface area contributed by atoms with Crippen molar-refractivity contribution in [3.05, 3.63) is 303 Å². The van der Waals surface area contributed by atoms with Crippen LogP contribution in [0.15, 0.2) is 303 Å². The van der Waals surface area contributed by atoms with Crippen molar-refractivity contribution < 1.29 is 21.5 Å². The summed E-state index contributed by atoms with van der Waals surface area (Å²) in [5.74, 6) is 0. The normalized spacial score (nSPS) is 12.0. The van der Waals surface area contributed by atoms with Crippen LogP contribution < -0.4 is 51.9 Å². The van der Waals surface area contributed by atoms with Crippen molar-refractivity contribution in [1.82, 2.24) is 0 Å². The fourth-order valence-electron chi connectivity index (χ4n) is 9.04. The van der Waals surface area contributed by atoms with Gasteiger partial charge in [0.05, 0.1) is 0 Å². The van der Waals surface area contributed by atoms with E-state index in [1.165, 1.54) is 0 Å². The first-order chi connectivity index (χ1) is 34.7. The van der Waals surface area contributed by atoms with Gasteiger partial charge in [0.15, 0.2) is 0 Å². The molecule has 10 rings (SSSR count). The van der Waals surface area contributed by atoms with Crippen LogP contribution in [0.3, 0.4) is 0 Å². The lowest BCUT2D eigenvalue weighted by molar-refractivity contribution is -0.124. The predicted molar refractivity (Wildman–Crippen MR) is 298 cm³/mol. The Morgan fingerprint density at radius 3 is 0.714 bits per heavy atom. The summed E-state index contributed by atoms with van der Waals surface area (Å²) in [5.41, 5.74) is 0. The summed E-state index contributed by atoms with van der Waals surface area (Å²) in [7, 11) is -17.5. The second-order valence-electron chi connectivity index (χ2n) is 17.0. The largest absolute Gasteiger partial charge is 0.430 e. The zero-order valence-electron chi connectivity index (χ0n) is 38.6. The lowest BCUT2D eigenvalue weighted by atomic mass is 10.4. The maximum atomic E-state index is 8.70. The molecule has 0 aliphatic heterocycles. The summed E-state index contributed by atoms with van der Waals surface area (Å²) in [6.45, 7) is 0. The molecule has 0 aliphatic carbocycles. The number of hydrogen-bond donors (Lipinski definition) is 0. The summed E-state index contributed by atoms with van der Waals surface area (Å²) < 4.78 is 40.3. The molecule has 0 bridgehead atoms. The van der Waals surface area contributed by atoms with Crippen LogP contribution in [-0.4, -0.2) is 43.8 Å². The van der Waals surface area contributed by atoms with E-state index in [1.54, 1.807) is 0 Å². The van der Waals surface area contributed by atoms with Crippen LogP contribution in [0.4, 0.5) is 0 Å². The third-order valence-electron chi connectivity index (χ3n) is 12.5. The minimum Gasteiger partial charge on any atom is -0.424 e. The van der Waals surface area contributed by atoms with Crippen LogP contribution in [0.5, 0.6) is 0 Å². The van der Waals surface area contributed by atoms with Crippen molar-refractivity contribution in [3.8, 4) is 0 Å². The van der Waals surface area contributed by atoms with Gasteiger partial charge in [-0.05, 0) is 51.9 Å². The smallest absolute Gasteiger partial charge is 0.424 e. The Bertz CT molecular complexity index is 2920. The van der Waals surface area contributed by atoms with E-state index in [0.717, 1.165) is 51.9 Å². The van der Waals surface area contributed by atoms with Crippen LogP contribution in [0.2, 0.25) is 0 Å². The first-order valence-electron chi connectivity index (χ1n) is 23.6. The van der Waals surface area contributed by atoms with Crippen LogP contribution in [-0.2, 0) is 21.5 Å². The molecule has 10 heteroatoms. The molecule has 0 N–H and O–H groups in total. The number of hydrogen-bond acceptors (Lipinski definition) is 5. The van der Waals surface area contributed by atoms with Crippen molar-refractivity contribution >= 4 is 95.6 Å². The van der Waals surface area contributed by atoms with Crippen molar-refractivity contribution in [2.75, 3.05) is 0 Å². The third kappa shape index (κ3) is 10.1. The molecular formula is C60H52O5Si5. The standard InChI is InChI=1S/C60H52O5Si5/c1-11-31-51(32-12-1)66(52-33-13-2-14-34-52)61-62-68(55-39-19-5-20-40-55,56-41-21-6-22-42-56)64-70(59-47-27-9-28-48-59,60-49-29-10-30-50-60)65-69(57-43-23-7-24-44-57,58-45-25-8-26-46-58)63-67(53-35-15-3-16-36-53)54-37-17-4-18-38-54/h1-50,66-67H. The molecule has 0 atom stereocenters. The van der Waals surface area contributed by atoms with Crippen LogP contribution in [0, 0.1) is 0 Å². The highest BCUT2D eigenvalue weighted by Crippen LogP contribution is 2.26. The fraction of sp³-hybridized carbons (Fsp3) is 0. The van der Waals surface area contributed by atoms with E-state index >= 15 is 0 Å². The summed E-state index contributed by atoms with van der Waals surface area (Å²) >= 11 is 0. The van der Waals surface area contributed by atoms with Crippen molar-refractivity contribution in [2.45, 2.75) is 0 Å². The maximum absolute atomic E-state index is 8.70. The van der Waals surface area contributed by atoms with Crippen LogP contribution in [0.1, 0.15) is 0 Å². The highest BCUT2D eigenvalue weighted by atomic mass is 28.5. The van der Waals surface area contributed by atoms with Gasteiger partial charge in [-0.1, -0.05) is 303 Å². The molecule has 0 radical (unpaired) electrons. The van der Waals surface area contributed by atoms with Crippen molar-refractivity contribution in [1.29, 1.82) is 0 Å². The number of benzene rings is 10. The summed E-state index contributed by atoms with van der Waals surface area (Å²) in [6.07, 6.45) is 0. The van der Waals surface area contributed by atoms with Crippen LogP contribution >= 0.6 is 0 Å². The Labute approximate surface area is 418 Å². The molecule has 342 valence electrons. The van der Waals surface area contributed by atoms with Gasteiger partial charge in [-0.2, -0.15) is 0 Å². The highest BCUT2D eigenvalue weighted by molar-refractivity contribution is 7.11. The first kappa shape index (κ1) is 46.8. The third-order valence-corrected chi connectivity index (χ3v) is 30.7. The van der Waals surface area contributed by atoms with E-state index in [4.69, 9.17) is 21.5 Å². The van der Waals surface area contributed by atoms with E-state index in [-0.39, 0.29) is 0 Å². The SMILES string of the molecule is c1ccc([SiH](OO[Si](O[Si](O[Si](O[SiH](c2ccccc2)c2ccccc2)(c2ccccc2)c2ccccc2)(c2ccccc2)c2ccccc2)(c2ccccc2)c2ccccc2)c2ccccc2)cc1. The molecule has 0 fully saturated rings. The Hall–Kier alpha value is -6.92. The number of rotatable bonds is 19. The van der Waals surface area contributed by atoms with E-state index in [9.17, 15) is 0 Å². The van der Waals surface area contributed by atoms with E-state index in [2.05, 4.69) is 267 Å². The van der Waals surface area contributed by atoms with Gasteiger partial charge >= 0.3 is 25.7 Å². The molecule has 0 spiro atoms. The van der Waals surface area contributed by atoms with Gasteiger partial charge in [0.2, 0.25) is 9.04 Å². The predicted octanol–water partition coefficient (Wildman–Crippen LogP) is 5.83. The molecular weight excluding hydrogens is 941 g/mol. The lowest BCUT2D eigenvalue weighted by Gasteiger charge is -2.46. The lowest BCUT2D eigenvalue weighted by Crippen LogP contribution is -2.81. The molecule has 0 heterocycles. The Kier molecular flexibility index (Phi) is 14.9. The van der Waals surface area contributed by atoms with Crippen LogP contribution in [0.25, 0.3) is 0 Å². The molecule has 10 aromatic carbocycles. The van der Waals surface area contributed by atoms with E-state index < -0.39 is 43.8 Å². The molecule has 70 heavy (non-hydrogen) atoms. The van der Waals surface area contributed by atoms with E-state index in [1.807, 2.05) is 36.4 Å². The minimum atomic E-state index is -4.22. The molecule has 5 nitrogen and oxygen atoms in total. The minimum absolute atomic E-state index is 0.871. The van der Waals surface area contributed by atoms with Gasteiger partial charge in [-0.25, -0.2) is 0 Å². The highest BCUT2D eigenvalue weighted by Gasteiger charge is 2.61. The van der Waals surface area contributed by atoms with Gasteiger partial charge in [0, 0.05) is 0 Å². The summed E-state index contributed by atoms with van der Waals surface area (Å²) in [6, 6.07) is 105. The molecule has 0 unspecified atom stereocenters. The average Bonchev–Trinajstić information content (AvgIpc) is 3.46. The summed E-state index contributed by atoms with van der Waals surface area (Å²) in [5, 5.41) is 9.90. The second-order valence-corrected chi connectivity index (χ2v) is 31.2. The Morgan fingerprint density at radius 2 is 0.429 bits per heavy atom. The molecule has 0 amide bonds. The van der Waals surface area contributed by atoms with Gasteiger partial charge in [0.25, 0.3) is 9.04 Å². The van der Waals surface area contributed by atoms with Gasteiger partial charge in [0.1, 0.15) is 0 Å². The molecule has 0 aliphatic rings. The monoisotopic (exact) mass is 992 g/mol.